The number of rotatable bonds is 3. The van der Waals surface area contributed by atoms with Crippen molar-refractivity contribution in [3.05, 3.63) is 34.3 Å². The third kappa shape index (κ3) is 3.45. The van der Waals surface area contributed by atoms with Crippen molar-refractivity contribution in [2.75, 3.05) is 7.11 Å². The highest BCUT2D eigenvalue weighted by molar-refractivity contribution is 9.10. The van der Waals surface area contributed by atoms with Crippen LogP contribution in [-0.4, -0.2) is 12.2 Å². The quantitative estimate of drug-likeness (QED) is 0.744. The number of aromatic hydroxyl groups is 1. The van der Waals surface area contributed by atoms with Gasteiger partial charge in [0.05, 0.1) is 11.6 Å². The van der Waals surface area contributed by atoms with Crippen molar-refractivity contribution in [2.24, 2.45) is 17.3 Å². The van der Waals surface area contributed by atoms with Crippen LogP contribution in [0.4, 0.5) is 0 Å². The molecule has 2 nitrogen and oxygen atoms in total. The van der Waals surface area contributed by atoms with Crippen LogP contribution in [0.2, 0.25) is 0 Å². The second kappa shape index (κ2) is 6.04. The number of hydrogen-bond acceptors (Lipinski definition) is 2. The Balaban J connectivity index is 2.30. The molecule has 1 aliphatic rings. The van der Waals surface area contributed by atoms with Crippen LogP contribution in [0.3, 0.4) is 0 Å². The SMILES string of the molecule is C=C1C[C@@H](C)CC(C)(C)[C@H]1Cc1cc(OC)c(Br)cc1O. The van der Waals surface area contributed by atoms with Crippen molar-refractivity contribution in [3.63, 3.8) is 0 Å². The maximum atomic E-state index is 10.2. The van der Waals surface area contributed by atoms with Gasteiger partial charge in [0.25, 0.3) is 0 Å². The van der Waals surface area contributed by atoms with Gasteiger partial charge in [-0.25, -0.2) is 0 Å². The molecule has 0 unspecified atom stereocenters. The van der Waals surface area contributed by atoms with Gasteiger partial charge in [-0.05, 0) is 70.1 Å². The average molecular weight is 353 g/mol. The summed E-state index contributed by atoms with van der Waals surface area (Å²) in [6.07, 6.45) is 3.10. The molecule has 0 bridgehead atoms. The Morgan fingerprint density at radius 3 is 2.67 bits per heavy atom. The number of halogens is 1. The minimum Gasteiger partial charge on any atom is -0.508 e. The molecular formula is C18H25BrO2. The van der Waals surface area contributed by atoms with Gasteiger partial charge in [-0.1, -0.05) is 32.9 Å². The van der Waals surface area contributed by atoms with Crippen molar-refractivity contribution in [3.8, 4) is 11.5 Å². The Labute approximate surface area is 136 Å². The normalized spacial score (nSPS) is 24.9. The molecule has 1 aromatic rings. The average Bonchev–Trinajstić information content (AvgIpc) is 2.35. The van der Waals surface area contributed by atoms with E-state index in [1.165, 1.54) is 12.0 Å². The van der Waals surface area contributed by atoms with Crippen LogP contribution in [0.25, 0.3) is 0 Å². The van der Waals surface area contributed by atoms with Gasteiger partial charge in [-0.3, -0.25) is 0 Å². The Morgan fingerprint density at radius 1 is 1.43 bits per heavy atom. The van der Waals surface area contributed by atoms with E-state index in [9.17, 15) is 5.11 Å². The fraction of sp³-hybridized carbons (Fsp3) is 0.556. The van der Waals surface area contributed by atoms with Crippen LogP contribution in [0.5, 0.6) is 11.5 Å². The van der Waals surface area contributed by atoms with E-state index in [4.69, 9.17) is 4.74 Å². The maximum absolute atomic E-state index is 10.2. The first-order chi connectivity index (χ1) is 9.74. The van der Waals surface area contributed by atoms with Crippen LogP contribution in [-0.2, 0) is 6.42 Å². The first kappa shape index (κ1) is 16.4. The highest BCUT2D eigenvalue weighted by Crippen LogP contribution is 2.48. The summed E-state index contributed by atoms with van der Waals surface area (Å²) in [5, 5.41) is 10.2. The fourth-order valence-corrected chi connectivity index (χ4v) is 4.29. The highest BCUT2D eigenvalue weighted by Gasteiger charge is 2.37. The van der Waals surface area contributed by atoms with Gasteiger partial charge in [0, 0.05) is 0 Å². The third-order valence-corrected chi connectivity index (χ3v) is 5.32. The van der Waals surface area contributed by atoms with E-state index in [1.54, 1.807) is 13.2 Å². The number of hydrogen-bond donors (Lipinski definition) is 1. The zero-order valence-electron chi connectivity index (χ0n) is 13.4. The van der Waals surface area contributed by atoms with Gasteiger partial charge < -0.3 is 9.84 Å². The van der Waals surface area contributed by atoms with Crippen molar-refractivity contribution in [1.29, 1.82) is 0 Å². The molecule has 21 heavy (non-hydrogen) atoms. The monoisotopic (exact) mass is 352 g/mol. The number of methoxy groups -OCH3 is 1. The number of allylic oxidation sites excluding steroid dienone is 1. The lowest BCUT2D eigenvalue weighted by molar-refractivity contribution is 0.151. The number of phenolic OH excluding ortho intramolecular Hbond substituents is 1. The molecule has 2 rings (SSSR count). The predicted octanol–water partition coefficient (Wildman–Crippen LogP) is 5.33. The lowest BCUT2D eigenvalue weighted by atomic mass is 9.62. The molecular weight excluding hydrogens is 328 g/mol. The molecule has 0 saturated heterocycles. The van der Waals surface area contributed by atoms with E-state index in [0.717, 1.165) is 28.6 Å². The summed E-state index contributed by atoms with van der Waals surface area (Å²) in [5.74, 6) is 2.17. The van der Waals surface area contributed by atoms with Crippen LogP contribution in [0.1, 0.15) is 39.2 Å². The molecule has 1 saturated carbocycles. The Bertz CT molecular complexity index is 548. The van der Waals surface area contributed by atoms with Gasteiger partial charge in [0.15, 0.2) is 0 Å². The minimum atomic E-state index is 0.210. The maximum Gasteiger partial charge on any atom is 0.133 e. The van der Waals surface area contributed by atoms with Gasteiger partial charge in [0.1, 0.15) is 11.5 Å². The predicted molar refractivity (Wildman–Crippen MR) is 90.9 cm³/mol. The number of benzene rings is 1. The molecule has 0 spiro atoms. The standard InChI is InChI=1S/C18H25BrO2/c1-11-6-12(2)14(18(3,4)10-11)7-13-8-17(21-5)15(19)9-16(13)20/h8-9,11,14,20H,2,6-7,10H2,1,3-5H3/t11-,14+/m1/s1. The van der Waals surface area contributed by atoms with Gasteiger partial charge in [-0.2, -0.15) is 0 Å². The molecule has 0 aromatic heterocycles. The second-order valence-electron chi connectivity index (χ2n) is 7.03. The van der Waals surface area contributed by atoms with E-state index in [2.05, 4.69) is 43.3 Å². The van der Waals surface area contributed by atoms with Crippen LogP contribution < -0.4 is 4.74 Å². The fourth-order valence-electron chi connectivity index (χ4n) is 3.80. The van der Waals surface area contributed by atoms with E-state index >= 15 is 0 Å². The van der Waals surface area contributed by atoms with E-state index in [0.29, 0.717) is 17.6 Å². The molecule has 2 atom stereocenters. The number of ether oxygens (including phenoxy) is 1. The van der Waals surface area contributed by atoms with E-state index in [1.807, 2.05) is 6.07 Å². The molecule has 0 amide bonds. The molecule has 1 fully saturated rings. The van der Waals surface area contributed by atoms with Crippen molar-refractivity contribution < 1.29 is 9.84 Å². The first-order valence-corrected chi connectivity index (χ1v) is 8.27. The largest absolute Gasteiger partial charge is 0.508 e. The van der Waals surface area contributed by atoms with Crippen LogP contribution >= 0.6 is 15.9 Å². The summed E-state index contributed by atoms with van der Waals surface area (Å²) >= 11 is 3.41. The topological polar surface area (TPSA) is 29.5 Å². The van der Waals surface area contributed by atoms with Crippen LogP contribution in [0, 0.1) is 17.3 Å². The highest BCUT2D eigenvalue weighted by atomic mass is 79.9. The summed E-state index contributed by atoms with van der Waals surface area (Å²) in [6.45, 7) is 11.2. The summed E-state index contributed by atoms with van der Waals surface area (Å²) < 4.78 is 6.12. The first-order valence-electron chi connectivity index (χ1n) is 7.47. The molecule has 1 aromatic carbocycles. The molecule has 116 valence electrons. The molecule has 0 radical (unpaired) electrons. The third-order valence-electron chi connectivity index (χ3n) is 4.70. The van der Waals surface area contributed by atoms with Crippen molar-refractivity contribution >= 4 is 15.9 Å². The van der Waals surface area contributed by atoms with Gasteiger partial charge in [-0.15, -0.1) is 0 Å². The second-order valence-corrected chi connectivity index (χ2v) is 7.89. The number of phenols is 1. The zero-order chi connectivity index (χ0) is 15.8. The smallest absolute Gasteiger partial charge is 0.133 e. The van der Waals surface area contributed by atoms with E-state index < -0.39 is 0 Å². The van der Waals surface area contributed by atoms with Crippen LogP contribution in [0.15, 0.2) is 28.8 Å². The zero-order valence-corrected chi connectivity index (χ0v) is 15.0. The summed E-state index contributed by atoms with van der Waals surface area (Å²) in [6, 6.07) is 3.65. The van der Waals surface area contributed by atoms with E-state index in [-0.39, 0.29) is 5.41 Å². The Morgan fingerprint density at radius 2 is 2.10 bits per heavy atom. The lowest BCUT2D eigenvalue weighted by Gasteiger charge is -2.43. The summed E-state index contributed by atoms with van der Waals surface area (Å²) in [5.41, 5.74) is 2.45. The summed E-state index contributed by atoms with van der Waals surface area (Å²) in [7, 11) is 1.64. The van der Waals surface area contributed by atoms with Gasteiger partial charge >= 0.3 is 0 Å². The molecule has 3 heteroatoms. The Hall–Kier alpha value is -0.960. The minimum absolute atomic E-state index is 0.210. The molecule has 1 N–H and O–H groups in total. The lowest BCUT2D eigenvalue weighted by Crippen LogP contribution is -2.34. The summed E-state index contributed by atoms with van der Waals surface area (Å²) in [4.78, 5) is 0. The molecule has 1 aliphatic carbocycles. The Kier molecular flexibility index (Phi) is 4.72. The van der Waals surface area contributed by atoms with Crippen molar-refractivity contribution in [2.45, 2.75) is 40.0 Å². The molecule has 0 aliphatic heterocycles. The van der Waals surface area contributed by atoms with Crippen molar-refractivity contribution in [1.82, 2.24) is 0 Å². The van der Waals surface area contributed by atoms with Gasteiger partial charge in [0.2, 0.25) is 0 Å². The molecule has 0 heterocycles.